The Kier molecular flexibility index (Phi) is 3.62. The molecule has 0 saturated carbocycles. The Hall–Kier alpha value is -1.07. The molecule has 0 spiro atoms. The Morgan fingerprint density at radius 2 is 1.84 bits per heavy atom. The lowest BCUT2D eigenvalue weighted by Gasteiger charge is -2.46. The largest absolute Gasteiger partial charge is 0.393 e. The lowest BCUT2D eigenvalue weighted by molar-refractivity contribution is 0.170. The number of hydrogen-bond acceptors (Lipinski definition) is 5. The summed E-state index contributed by atoms with van der Waals surface area (Å²) in [7, 11) is 0. The van der Waals surface area contributed by atoms with Crippen LogP contribution in [-0.4, -0.2) is 27.1 Å². The Morgan fingerprint density at radius 3 is 2.42 bits per heavy atom. The number of nitrogens with one attached hydrogen (secondary N) is 2. The van der Waals surface area contributed by atoms with Crippen molar-refractivity contribution in [3.8, 4) is 0 Å². The van der Waals surface area contributed by atoms with E-state index < -0.39 is 0 Å². The molecule has 5 nitrogen and oxygen atoms in total. The van der Waals surface area contributed by atoms with E-state index in [2.05, 4.69) is 48.3 Å². The second-order valence-electron chi connectivity index (χ2n) is 6.57. The van der Waals surface area contributed by atoms with E-state index in [9.17, 15) is 0 Å². The van der Waals surface area contributed by atoms with E-state index in [-0.39, 0.29) is 11.1 Å². The van der Waals surface area contributed by atoms with Crippen LogP contribution in [0.3, 0.4) is 0 Å². The van der Waals surface area contributed by atoms with Gasteiger partial charge in [-0.2, -0.15) is 0 Å². The van der Waals surface area contributed by atoms with Crippen LogP contribution in [0.1, 0.15) is 40.5 Å². The van der Waals surface area contributed by atoms with Crippen LogP contribution in [0.5, 0.6) is 0 Å². The van der Waals surface area contributed by atoms with Gasteiger partial charge in [0.05, 0.1) is 0 Å². The average Bonchev–Trinajstić information content (AvgIpc) is 2.20. The minimum absolute atomic E-state index is 0.0744. The number of hydrogen-bond donors (Lipinski definition) is 3. The third kappa shape index (κ3) is 3.48. The molecule has 0 aliphatic carbocycles. The summed E-state index contributed by atoms with van der Waals surface area (Å²) >= 11 is 5.92. The number of nitrogens with two attached hydrogens (primary N) is 1. The van der Waals surface area contributed by atoms with Gasteiger partial charge in [-0.05, 0) is 40.5 Å². The third-order valence-electron chi connectivity index (χ3n) is 3.37. The summed E-state index contributed by atoms with van der Waals surface area (Å²) in [6.45, 7) is 8.83. The zero-order chi connectivity index (χ0) is 14.3. The number of halogens is 1. The standard InChI is InChI=1S/C13H22ClN5/c1-12(2)5-8(6-13(3,4)19-12)18-11-9(15)10(14)16-7-17-11/h7-8,19H,5-6,15H2,1-4H3,(H,16,17,18). The summed E-state index contributed by atoms with van der Waals surface area (Å²) in [6.07, 6.45) is 3.42. The highest BCUT2D eigenvalue weighted by atomic mass is 35.5. The molecule has 2 heterocycles. The van der Waals surface area contributed by atoms with Crippen LogP contribution in [0.25, 0.3) is 0 Å². The molecule has 1 fully saturated rings. The van der Waals surface area contributed by atoms with Gasteiger partial charge in [-0.15, -0.1) is 0 Å². The number of aromatic nitrogens is 2. The molecular weight excluding hydrogens is 262 g/mol. The second kappa shape index (κ2) is 4.80. The van der Waals surface area contributed by atoms with Crippen molar-refractivity contribution < 1.29 is 0 Å². The molecule has 4 N–H and O–H groups in total. The van der Waals surface area contributed by atoms with Crippen LogP contribution in [0, 0.1) is 0 Å². The van der Waals surface area contributed by atoms with Gasteiger partial charge in [-0.25, -0.2) is 9.97 Å². The Bertz CT molecular complexity index is 456. The minimum Gasteiger partial charge on any atom is -0.393 e. The van der Waals surface area contributed by atoms with Crippen molar-refractivity contribution in [3.63, 3.8) is 0 Å². The lowest BCUT2D eigenvalue weighted by Crippen LogP contribution is -2.60. The van der Waals surface area contributed by atoms with Gasteiger partial charge in [0.15, 0.2) is 11.0 Å². The molecule has 19 heavy (non-hydrogen) atoms. The zero-order valence-electron chi connectivity index (χ0n) is 11.9. The van der Waals surface area contributed by atoms with E-state index in [0.29, 0.717) is 22.7 Å². The summed E-state index contributed by atoms with van der Waals surface area (Å²) in [6, 6.07) is 0.305. The van der Waals surface area contributed by atoms with Crippen LogP contribution in [0.4, 0.5) is 11.5 Å². The summed E-state index contributed by atoms with van der Waals surface area (Å²) in [4.78, 5) is 8.04. The van der Waals surface area contributed by atoms with Crippen LogP contribution in [0.15, 0.2) is 6.33 Å². The molecule has 0 bridgehead atoms. The molecule has 0 radical (unpaired) electrons. The van der Waals surface area contributed by atoms with Crippen LogP contribution < -0.4 is 16.4 Å². The molecule has 1 aromatic rings. The Labute approximate surface area is 119 Å². The predicted octanol–water partition coefficient (Wildman–Crippen LogP) is 2.43. The quantitative estimate of drug-likeness (QED) is 0.727. The van der Waals surface area contributed by atoms with Crippen LogP contribution in [0.2, 0.25) is 5.15 Å². The van der Waals surface area contributed by atoms with Gasteiger partial charge >= 0.3 is 0 Å². The zero-order valence-corrected chi connectivity index (χ0v) is 12.7. The lowest BCUT2D eigenvalue weighted by atomic mass is 9.79. The molecule has 0 atom stereocenters. The third-order valence-corrected chi connectivity index (χ3v) is 3.67. The first kappa shape index (κ1) is 14.3. The first-order valence-corrected chi connectivity index (χ1v) is 6.88. The summed E-state index contributed by atoms with van der Waals surface area (Å²) in [5, 5.41) is 7.34. The number of nitrogens with zero attached hydrogens (tertiary/aromatic N) is 2. The van der Waals surface area contributed by atoms with Crippen molar-refractivity contribution in [3.05, 3.63) is 11.5 Å². The van der Waals surface area contributed by atoms with Gasteiger partial charge in [-0.3, -0.25) is 0 Å². The van der Waals surface area contributed by atoms with E-state index in [1.165, 1.54) is 6.33 Å². The molecule has 106 valence electrons. The normalized spacial score (nSPS) is 22.2. The van der Waals surface area contributed by atoms with E-state index in [0.717, 1.165) is 12.8 Å². The van der Waals surface area contributed by atoms with E-state index >= 15 is 0 Å². The smallest absolute Gasteiger partial charge is 0.157 e. The molecule has 1 aromatic heterocycles. The molecule has 0 unspecified atom stereocenters. The fourth-order valence-corrected chi connectivity index (χ4v) is 3.24. The van der Waals surface area contributed by atoms with Gasteiger partial charge < -0.3 is 16.4 Å². The van der Waals surface area contributed by atoms with Crippen molar-refractivity contribution in [2.45, 2.75) is 57.7 Å². The first-order chi connectivity index (χ1) is 8.69. The summed E-state index contributed by atoms with van der Waals surface area (Å²) in [5.74, 6) is 0.624. The van der Waals surface area contributed by atoms with Crippen LogP contribution in [-0.2, 0) is 0 Å². The van der Waals surface area contributed by atoms with Crippen molar-refractivity contribution in [2.75, 3.05) is 11.1 Å². The number of piperidine rings is 1. The van der Waals surface area contributed by atoms with Gasteiger partial charge in [0.2, 0.25) is 0 Å². The molecular formula is C13H22ClN5. The summed E-state index contributed by atoms with van der Waals surface area (Å²) < 4.78 is 0. The maximum Gasteiger partial charge on any atom is 0.157 e. The average molecular weight is 284 g/mol. The fraction of sp³-hybridized carbons (Fsp3) is 0.692. The van der Waals surface area contributed by atoms with Crippen molar-refractivity contribution in [1.82, 2.24) is 15.3 Å². The number of rotatable bonds is 2. The molecule has 1 aliphatic rings. The minimum atomic E-state index is 0.0744. The maximum atomic E-state index is 5.92. The van der Waals surface area contributed by atoms with E-state index in [4.69, 9.17) is 17.3 Å². The van der Waals surface area contributed by atoms with Crippen molar-refractivity contribution in [2.24, 2.45) is 0 Å². The number of anilines is 2. The van der Waals surface area contributed by atoms with E-state index in [1.54, 1.807) is 0 Å². The highest BCUT2D eigenvalue weighted by Crippen LogP contribution is 2.31. The maximum absolute atomic E-state index is 5.92. The first-order valence-electron chi connectivity index (χ1n) is 6.50. The highest BCUT2D eigenvalue weighted by Gasteiger charge is 2.37. The Balaban J connectivity index is 2.16. The van der Waals surface area contributed by atoms with E-state index in [1.807, 2.05) is 0 Å². The van der Waals surface area contributed by atoms with Gasteiger partial charge in [-0.1, -0.05) is 11.6 Å². The fourth-order valence-electron chi connectivity index (χ4n) is 3.11. The second-order valence-corrected chi connectivity index (χ2v) is 6.93. The van der Waals surface area contributed by atoms with Gasteiger partial charge in [0.25, 0.3) is 0 Å². The molecule has 2 rings (SSSR count). The summed E-state index contributed by atoms with van der Waals surface area (Å²) in [5.41, 5.74) is 6.46. The molecule has 1 aliphatic heterocycles. The Morgan fingerprint density at radius 1 is 1.26 bits per heavy atom. The monoisotopic (exact) mass is 283 g/mol. The SMILES string of the molecule is CC1(C)CC(Nc2ncnc(Cl)c2N)CC(C)(C)N1. The molecule has 0 aromatic carbocycles. The molecule has 1 saturated heterocycles. The van der Waals surface area contributed by atoms with Crippen molar-refractivity contribution >= 4 is 23.1 Å². The van der Waals surface area contributed by atoms with Crippen LogP contribution >= 0.6 is 11.6 Å². The molecule has 0 amide bonds. The van der Waals surface area contributed by atoms with Gasteiger partial charge in [0, 0.05) is 17.1 Å². The molecule has 6 heteroatoms. The predicted molar refractivity (Wildman–Crippen MR) is 79.4 cm³/mol. The highest BCUT2D eigenvalue weighted by molar-refractivity contribution is 6.32. The number of nitrogen functional groups attached to an aromatic ring is 1. The van der Waals surface area contributed by atoms with Crippen molar-refractivity contribution in [1.29, 1.82) is 0 Å². The van der Waals surface area contributed by atoms with Gasteiger partial charge in [0.1, 0.15) is 12.0 Å². The topological polar surface area (TPSA) is 75.9 Å².